The number of thiocarbonyl (C=S) groups is 1. The van der Waals surface area contributed by atoms with Crippen molar-refractivity contribution in [3.63, 3.8) is 0 Å². The molecule has 1 aliphatic rings. The molecule has 1 aliphatic heterocycles. The van der Waals surface area contributed by atoms with Gasteiger partial charge < -0.3 is 20.2 Å². The number of carbonyl (C=O) groups is 1. The molecule has 2 aromatic carbocycles. The number of non-ortho nitro benzene ring substituents is 1. The lowest BCUT2D eigenvalue weighted by atomic mass is 10.0. The molecule has 0 amide bonds. The van der Waals surface area contributed by atoms with Crippen molar-refractivity contribution in [2.75, 3.05) is 36.4 Å². The van der Waals surface area contributed by atoms with Crippen LogP contribution in [0.1, 0.15) is 21.5 Å². The summed E-state index contributed by atoms with van der Waals surface area (Å²) in [6.07, 6.45) is 0. The highest BCUT2D eigenvalue weighted by Gasteiger charge is 2.20. The van der Waals surface area contributed by atoms with Gasteiger partial charge in [0.2, 0.25) is 0 Å². The molecule has 152 valence electrons. The molecule has 0 unspecified atom stereocenters. The van der Waals surface area contributed by atoms with E-state index < -0.39 is 10.9 Å². The summed E-state index contributed by atoms with van der Waals surface area (Å²) in [5.74, 6) is -0.934. The molecule has 0 spiro atoms. The molecule has 1 fully saturated rings. The van der Waals surface area contributed by atoms with Crippen molar-refractivity contribution in [3.05, 3.63) is 63.2 Å². The average molecular weight is 414 g/mol. The average Bonchev–Trinajstić information content (AvgIpc) is 2.67. The molecule has 0 aliphatic carbocycles. The first-order valence-electron chi connectivity index (χ1n) is 9.16. The first-order valence-corrected chi connectivity index (χ1v) is 9.57. The molecular weight excluding hydrogens is 392 g/mol. The number of nitro benzene ring substituents is 1. The molecule has 2 N–H and O–H groups in total. The van der Waals surface area contributed by atoms with Crippen molar-refractivity contribution in [2.45, 2.75) is 13.8 Å². The van der Waals surface area contributed by atoms with Crippen LogP contribution in [0.4, 0.5) is 17.1 Å². The summed E-state index contributed by atoms with van der Waals surface area (Å²) in [6, 6.07) is 10.1. The van der Waals surface area contributed by atoms with E-state index in [-0.39, 0.29) is 5.69 Å². The lowest BCUT2D eigenvalue weighted by Crippen LogP contribution is -2.50. The normalized spacial score (nSPS) is 13.9. The monoisotopic (exact) mass is 414 g/mol. The molecule has 0 aromatic heterocycles. The van der Waals surface area contributed by atoms with Gasteiger partial charge in [0.05, 0.1) is 10.5 Å². The number of carboxylic acid groups (broad SMARTS) is 1. The van der Waals surface area contributed by atoms with Crippen LogP contribution in [0.2, 0.25) is 0 Å². The predicted molar refractivity (Wildman–Crippen MR) is 116 cm³/mol. The smallest absolute Gasteiger partial charge is 0.336 e. The number of hydrogen-bond acceptors (Lipinski definition) is 5. The number of nitro groups is 1. The van der Waals surface area contributed by atoms with Gasteiger partial charge in [-0.2, -0.15) is 0 Å². The third-order valence-corrected chi connectivity index (χ3v) is 5.35. The van der Waals surface area contributed by atoms with Crippen LogP contribution in [0.3, 0.4) is 0 Å². The number of nitrogens with one attached hydrogen (secondary N) is 1. The third kappa shape index (κ3) is 4.62. The van der Waals surface area contributed by atoms with E-state index in [0.29, 0.717) is 34.9 Å². The Morgan fingerprint density at radius 1 is 1.10 bits per heavy atom. The third-order valence-electron chi connectivity index (χ3n) is 4.99. The SMILES string of the molecule is Cc1cc(NC(=S)N2CCN(c3ccc([N+](=O)[O-])cc3)CC2)cc(C)c1C(=O)O. The Hall–Kier alpha value is -3.20. The molecule has 2 aromatic rings. The lowest BCUT2D eigenvalue weighted by molar-refractivity contribution is -0.384. The van der Waals surface area contributed by atoms with Crippen LogP contribution in [-0.4, -0.2) is 52.2 Å². The first kappa shape index (κ1) is 20.5. The molecule has 0 atom stereocenters. The summed E-state index contributed by atoms with van der Waals surface area (Å²) in [6.45, 7) is 6.47. The minimum atomic E-state index is -0.934. The van der Waals surface area contributed by atoms with E-state index in [9.17, 15) is 20.0 Å². The number of nitrogens with zero attached hydrogens (tertiary/aromatic N) is 3. The molecular formula is C20H22N4O4S. The summed E-state index contributed by atoms with van der Waals surface area (Å²) in [5, 5.41) is 23.9. The van der Waals surface area contributed by atoms with Gasteiger partial charge in [-0.3, -0.25) is 10.1 Å². The van der Waals surface area contributed by atoms with Gasteiger partial charge >= 0.3 is 5.97 Å². The fraction of sp³-hybridized carbons (Fsp3) is 0.300. The minimum absolute atomic E-state index is 0.0808. The molecule has 9 heteroatoms. The van der Waals surface area contributed by atoms with Crippen molar-refractivity contribution < 1.29 is 14.8 Å². The molecule has 3 rings (SSSR count). The van der Waals surface area contributed by atoms with Gasteiger partial charge in [-0.1, -0.05) is 0 Å². The lowest BCUT2D eigenvalue weighted by Gasteiger charge is -2.37. The summed E-state index contributed by atoms with van der Waals surface area (Å²) in [5.41, 5.74) is 3.49. The Morgan fingerprint density at radius 2 is 1.66 bits per heavy atom. The van der Waals surface area contributed by atoms with Gasteiger partial charge in [-0.05, 0) is 61.5 Å². The number of anilines is 2. The van der Waals surface area contributed by atoms with Crippen LogP contribution in [0.15, 0.2) is 36.4 Å². The fourth-order valence-electron chi connectivity index (χ4n) is 3.53. The molecule has 1 heterocycles. The van der Waals surface area contributed by atoms with Crippen LogP contribution < -0.4 is 10.2 Å². The maximum atomic E-state index is 11.3. The van der Waals surface area contributed by atoms with Gasteiger partial charge in [-0.25, -0.2) is 4.79 Å². The summed E-state index contributed by atoms with van der Waals surface area (Å²) in [7, 11) is 0. The van der Waals surface area contributed by atoms with Crippen molar-refractivity contribution in [3.8, 4) is 0 Å². The second-order valence-corrected chi connectivity index (χ2v) is 7.35. The summed E-state index contributed by atoms with van der Waals surface area (Å²) >= 11 is 5.53. The Morgan fingerprint density at radius 3 is 2.14 bits per heavy atom. The highest BCUT2D eigenvalue weighted by Crippen LogP contribution is 2.22. The molecule has 0 bridgehead atoms. The second kappa shape index (κ2) is 8.44. The zero-order valence-electron chi connectivity index (χ0n) is 16.2. The Balaban J connectivity index is 1.60. The number of hydrogen-bond donors (Lipinski definition) is 2. The van der Waals surface area contributed by atoms with Crippen LogP contribution in [-0.2, 0) is 0 Å². The van der Waals surface area contributed by atoms with E-state index in [2.05, 4.69) is 15.1 Å². The van der Waals surface area contributed by atoms with Gasteiger partial charge in [0.15, 0.2) is 5.11 Å². The zero-order chi connectivity index (χ0) is 21.1. The molecule has 29 heavy (non-hydrogen) atoms. The van der Waals surface area contributed by atoms with Crippen molar-refractivity contribution >= 4 is 40.4 Å². The quantitative estimate of drug-likeness (QED) is 0.446. The zero-order valence-corrected chi connectivity index (χ0v) is 17.0. The molecule has 1 saturated heterocycles. The van der Waals surface area contributed by atoms with Gasteiger partial charge in [-0.15, -0.1) is 0 Å². The fourth-order valence-corrected chi connectivity index (χ4v) is 3.83. The van der Waals surface area contributed by atoms with Crippen molar-refractivity contribution in [2.24, 2.45) is 0 Å². The van der Waals surface area contributed by atoms with Crippen molar-refractivity contribution in [1.29, 1.82) is 0 Å². The first-order chi connectivity index (χ1) is 13.8. The molecule has 0 saturated carbocycles. The predicted octanol–water partition coefficient (Wildman–Crippen LogP) is 3.43. The van der Waals surface area contributed by atoms with Crippen LogP contribution in [0.5, 0.6) is 0 Å². The maximum absolute atomic E-state index is 11.3. The Bertz CT molecular complexity index is 930. The van der Waals surface area contributed by atoms with Gasteiger partial charge in [0.25, 0.3) is 5.69 Å². The van der Waals surface area contributed by atoms with Gasteiger partial charge in [0.1, 0.15) is 0 Å². The number of benzene rings is 2. The highest BCUT2D eigenvalue weighted by atomic mass is 32.1. The number of piperazine rings is 1. The molecule has 8 nitrogen and oxygen atoms in total. The van der Waals surface area contributed by atoms with Gasteiger partial charge in [0, 0.05) is 49.7 Å². The highest BCUT2D eigenvalue weighted by molar-refractivity contribution is 7.80. The topological polar surface area (TPSA) is 99.0 Å². The van der Waals surface area contributed by atoms with Crippen molar-refractivity contribution in [1.82, 2.24) is 4.90 Å². The van der Waals surface area contributed by atoms with E-state index >= 15 is 0 Å². The second-order valence-electron chi connectivity index (χ2n) is 6.97. The number of rotatable bonds is 4. The largest absolute Gasteiger partial charge is 0.478 e. The van der Waals surface area contributed by atoms with E-state index in [1.54, 1.807) is 38.1 Å². The minimum Gasteiger partial charge on any atom is -0.478 e. The number of aromatic carboxylic acids is 1. The van der Waals surface area contributed by atoms with E-state index in [0.717, 1.165) is 24.5 Å². The summed E-state index contributed by atoms with van der Waals surface area (Å²) in [4.78, 5) is 25.9. The Labute approximate surface area is 173 Å². The van der Waals surface area contributed by atoms with Crippen LogP contribution in [0, 0.1) is 24.0 Å². The number of aryl methyl sites for hydroxylation is 2. The van der Waals surface area contributed by atoms with Crippen LogP contribution in [0.25, 0.3) is 0 Å². The standard InChI is InChI=1S/C20H22N4O4S/c1-13-11-15(12-14(2)18(13)19(25)26)21-20(29)23-9-7-22(8-10-23)16-3-5-17(6-4-16)24(27)28/h3-6,11-12H,7-10H2,1-2H3,(H,21,29)(H,25,26). The maximum Gasteiger partial charge on any atom is 0.336 e. The van der Waals surface area contributed by atoms with E-state index in [1.807, 2.05) is 0 Å². The summed E-state index contributed by atoms with van der Waals surface area (Å²) < 4.78 is 0. The van der Waals surface area contributed by atoms with Crippen LogP contribution >= 0.6 is 12.2 Å². The Kier molecular flexibility index (Phi) is 5.97. The van der Waals surface area contributed by atoms with E-state index in [4.69, 9.17) is 12.2 Å². The van der Waals surface area contributed by atoms with E-state index in [1.165, 1.54) is 12.1 Å². The number of carboxylic acids is 1. The molecule has 0 radical (unpaired) electrons.